The summed E-state index contributed by atoms with van der Waals surface area (Å²) < 4.78 is 5.63. The van der Waals surface area contributed by atoms with E-state index < -0.39 is 11.9 Å². The van der Waals surface area contributed by atoms with Crippen molar-refractivity contribution in [2.24, 2.45) is 0 Å². The highest BCUT2D eigenvalue weighted by Gasteiger charge is 2.23. The molecule has 2 N–H and O–H groups in total. The molecule has 0 unspecified atom stereocenters. The van der Waals surface area contributed by atoms with Gasteiger partial charge >= 0.3 is 6.03 Å². The predicted molar refractivity (Wildman–Crippen MR) is 79.8 cm³/mol. The molecule has 0 saturated carbocycles. The van der Waals surface area contributed by atoms with Crippen LogP contribution < -0.4 is 15.4 Å². The highest BCUT2D eigenvalue weighted by Crippen LogP contribution is 2.30. The summed E-state index contributed by atoms with van der Waals surface area (Å²) in [6, 6.07) is 11.1. The van der Waals surface area contributed by atoms with Crippen LogP contribution in [-0.4, -0.2) is 18.5 Å². The second kappa shape index (κ2) is 5.28. The van der Waals surface area contributed by atoms with Gasteiger partial charge in [-0.05, 0) is 29.8 Å². The van der Waals surface area contributed by atoms with Gasteiger partial charge in [-0.25, -0.2) is 4.79 Å². The normalized spacial score (nSPS) is 16.1. The van der Waals surface area contributed by atoms with Crippen molar-refractivity contribution < 1.29 is 14.3 Å². The molecule has 1 heterocycles. The van der Waals surface area contributed by atoms with E-state index in [1.165, 1.54) is 0 Å². The molecular formula is C16H14N2O3. The van der Waals surface area contributed by atoms with Gasteiger partial charge in [-0.15, -0.1) is 0 Å². The molecule has 1 fully saturated rings. The van der Waals surface area contributed by atoms with E-state index in [1.54, 1.807) is 6.08 Å². The summed E-state index contributed by atoms with van der Waals surface area (Å²) in [5.74, 6) is 0.244. The lowest BCUT2D eigenvalue weighted by atomic mass is 10.0. The van der Waals surface area contributed by atoms with E-state index >= 15 is 0 Å². The summed E-state index contributed by atoms with van der Waals surface area (Å²) in [7, 11) is 0. The van der Waals surface area contributed by atoms with Crippen molar-refractivity contribution in [3.8, 4) is 5.75 Å². The molecule has 0 aromatic heterocycles. The van der Waals surface area contributed by atoms with Crippen LogP contribution >= 0.6 is 0 Å². The first-order valence-electron chi connectivity index (χ1n) is 6.67. The number of hydrogen-bond acceptors (Lipinski definition) is 3. The Morgan fingerprint density at radius 2 is 1.90 bits per heavy atom. The fourth-order valence-corrected chi connectivity index (χ4v) is 2.33. The van der Waals surface area contributed by atoms with E-state index in [0.29, 0.717) is 12.4 Å². The highest BCUT2D eigenvalue weighted by atomic mass is 16.5. The van der Waals surface area contributed by atoms with E-state index in [2.05, 4.69) is 10.6 Å². The van der Waals surface area contributed by atoms with Gasteiger partial charge in [0.2, 0.25) is 0 Å². The monoisotopic (exact) mass is 282 g/mol. The van der Waals surface area contributed by atoms with Crippen LogP contribution in [0, 0.1) is 0 Å². The zero-order valence-electron chi connectivity index (χ0n) is 11.5. The van der Waals surface area contributed by atoms with Gasteiger partial charge in [0.25, 0.3) is 5.91 Å². The highest BCUT2D eigenvalue weighted by molar-refractivity contribution is 6.14. The van der Waals surface area contributed by atoms with Crippen molar-refractivity contribution >= 4 is 28.8 Å². The molecule has 2 aromatic carbocycles. The Labute approximate surface area is 121 Å². The van der Waals surface area contributed by atoms with Crippen molar-refractivity contribution in [1.82, 2.24) is 10.6 Å². The zero-order chi connectivity index (χ0) is 14.8. The van der Waals surface area contributed by atoms with Gasteiger partial charge in [-0.2, -0.15) is 0 Å². The van der Waals surface area contributed by atoms with Crippen molar-refractivity contribution in [3.05, 3.63) is 47.7 Å². The Bertz CT molecular complexity index is 765. The van der Waals surface area contributed by atoms with E-state index in [4.69, 9.17) is 4.74 Å². The quantitative estimate of drug-likeness (QED) is 0.671. The molecule has 0 aliphatic carbocycles. The number of imide groups is 1. The molecule has 3 rings (SSSR count). The summed E-state index contributed by atoms with van der Waals surface area (Å²) in [4.78, 5) is 22.9. The number of fused-ring (bicyclic) bond motifs is 1. The molecule has 0 bridgehead atoms. The number of nitrogens with one attached hydrogen (secondary N) is 2. The average Bonchev–Trinajstić information content (AvgIpc) is 2.79. The van der Waals surface area contributed by atoms with Crippen LogP contribution in [0.1, 0.15) is 12.5 Å². The van der Waals surface area contributed by atoms with E-state index in [9.17, 15) is 9.59 Å². The molecule has 5 nitrogen and oxygen atoms in total. The van der Waals surface area contributed by atoms with E-state index in [0.717, 1.165) is 16.3 Å². The second-order valence-corrected chi connectivity index (χ2v) is 4.60. The number of benzene rings is 2. The van der Waals surface area contributed by atoms with E-state index in [-0.39, 0.29) is 5.70 Å². The fourth-order valence-electron chi connectivity index (χ4n) is 2.33. The Hall–Kier alpha value is -2.82. The molecule has 1 aliphatic heterocycles. The van der Waals surface area contributed by atoms with Gasteiger partial charge in [0.1, 0.15) is 11.4 Å². The molecular weight excluding hydrogens is 268 g/mol. The minimum Gasteiger partial charge on any atom is -0.493 e. The van der Waals surface area contributed by atoms with Crippen molar-refractivity contribution in [2.75, 3.05) is 6.61 Å². The smallest absolute Gasteiger partial charge is 0.326 e. The third-order valence-corrected chi connectivity index (χ3v) is 3.24. The van der Waals surface area contributed by atoms with Crippen LogP contribution in [0.5, 0.6) is 5.75 Å². The Morgan fingerprint density at radius 1 is 1.10 bits per heavy atom. The third-order valence-electron chi connectivity index (χ3n) is 3.24. The van der Waals surface area contributed by atoms with Crippen molar-refractivity contribution in [1.29, 1.82) is 0 Å². The number of carbonyl (C=O) groups excluding carboxylic acids is 2. The number of carbonyl (C=O) groups is 2. The molecule has 0 atom stereocenters. The zero-order valence-corrected chi connectivity index (χ0v) is 11.5. The summed E-state index contributed by atoms with van der Waals surface area (Å²) in [5.41, 5.74) is 1.000. The maximum atomic E-state index is 11.7. The largest absolute Gasteiger partial charge is 0.493 e. The molecule has 106 valence electrons. The van der Waals surface area contributed by atoms with Gasteiger partial charge in [0, 0.05) is 5.56 Å². The van der Waals surface area contributed by atoms with Gasteiger partial charge < -0.3 is 10.1 Å². The van der Waals surface area contributed by atoms with Crippen LogP contribution in [0.4, 0.5) is 4.79 Å². The van der Waals surface area contributed by atoms with Crippen molar-refractivity contribution in [3.63, 3.8) is 0 Å². The molecule has 3 amide bonds. The molecule has 0 spiro atoms. The van der Waals surface area contributed by atoms with Gasteiger partial charge in [-0.1, -0.05) is 30.3 Å². The van der Waals surface area contributed by atoms with Crippen molar-refractivity contribution in [2.45, 2.75) is 6.92 Å². The number of urea groups is 1. The van der Waals surface area contributed by atoms with Gasteiger partial charge in [0.15, 0.2) is 0 Å². The summed E-state index contributed by atoms with van der Waals surface area (Å²) in [6.07, 6.45) is 1.65. The number of hydrogen-bond donors (Lipinski definition) is 2. The van der Waals surface area contributed by atoms with Gasteiger partial charge in [0.05, 0.1) is 6.61 Å². The van der Waals surface area contributed by atoms with Crippen LogP contribution in [0.3, 0.4) is 0 Å². The minimum atomic E-state index is -0.510. The SMILES string of the molecule is CCOc1ccc2ccccc2c1C=C1NC(=O)NC1=O. The number of ether oxygens (including phenoxy) is 1. The average molecular weight is 282 g/mol. The summed E-state index contributed by atoms with van der Waals surface area (Å²) >= 11 is 0. The first kappa shape index (κ1) is 13.2. The predicted octanol–water partition coefficient (Wildman–Crippen LogP) is 2.42. The number of amides is 3. The topological polar surface area (TPSA) is 67.4 Å². The van der Waals surface area contributed by atoms with Gasteiger partial charge in [-0.3, -0.25) is 10.1 Å². The molecule has 1 saturated heterocycles. The lowest BCUT2D eigenvalue weighted by Gasteiger charge is -2.11. The van der Waals surface area contributed by atoms with Crippen LogP contribution in [0.15, 0.2) is 42.1 Å². The standard InChI is InChI=1S/C16H14N2O3/c1-2-21-14-8-7-10-5-3-4-6-11(10)12(14)9-13-15(19)18-16(20)17-13/h3-9H,2H2,1H3,(H2,17,18,19,20). The molecule has 1 aliphatic rings. The summed E-state index contributed by atoms with van der Waals surface area (Å²) in [5, 5.41) is 6.68. The van der Waals surface area contributed by atoms with Crippen LogP contribution in [0.2, 0.25) is 0 Å². The molecule has 2 aromatic rings. The third kappa shape index (κ3) is 2.45. The lowest BCUT2D eigenvalue weighted by molar-refractivity contribution is -0.115. The summed E-state index contributed by atoms with van der Waals surface area (Å²) in [6.45, 7) is 2.42. The minimum absolute atomic E-state index is 0.220. The maximum Gasteiger partial charge on any atom is 0.326 e. The molecule has 0 radical (unpaired) electrons. The lowest BCUT2D eigenvalue weighted by Crippen LogP contribution is -2.22. The van der Waals surface area contributed by atoms with Crippen LogP contribution in [-0.2, 0) is 4.79 Å². The van der Waals surface area contributed by atoms with Crippen LogP contribution in [0.25, 0.3) is 16.8 Å². The Kier molecular flexibility index (Phi) is 3.31. The fraction of sp³-hybridized carbons (Fsp3) is 0.125. The Balaban J connectivity index is 2.19. The first-order valence-corrected chi connectivity index (χ1v) is 6.67. The molecule has 21 heavy (non-hydrogen) atoms. The first-order chi connectivity index (χ1) is 10.2. The Morgan fingerprint density at radius 3 is 2.62 bits per heavy atom. The number of rotatable bonds is 3. The second-order valence-electron chi connectivity index (χ2n) is 4.60. The maximum absolute atomic E-state index is 11.7. The molecule has 5 heteroatoms. The van der Waals surface area contributed by atoms with E-state index in [1.807, 2.05) is 43.3 Å².